The molecule has 2 aromatic heterocycles. The second kappa shape index (κ2) is 6.82. The first-order valence-corrected chi connectivity index (χ1v) is 10.7. The van der Waals surface area contributed by atoms with Crippen LogP contribution in [0.4, 0.5) is 5.82 Å². The summed E-state index contributed by atoms with van der Waals surface area (Å²) >= 11 is -2.41. The van der Waals surface area contributed by atoms with Gasteiger partial charge < -0.3 is 0 Å². The monoisotopic (exact) mass is 423 g/mol. The second-order valence-electron chi connectivity index (χ2n) is 5.95. The summed E-state index contributed by atoms with van der Waals surface area (Å²) in [5.74, 6) is 0.216. The summed E-state index contributed by atoms with van der Waals surface area (Å²) in [6, 6.07) is 9.05. The molecule has 1 aliphatic heterocycles. The summed E-state index contributed by atoms with van der Waals surface area (Å²) in [7, 11) is 0. The second-order valence-corrected chi connectivity index (χ2v) is 9.09. The van der Waals surface area contributed by atoms with Gasteiger partial charge in [-0.1, -0.05) is 0 Å². The zero-order valence-electron chi connectivity index (χ0n) is 13.5. The standard InChI is InChI=1S/C16H17N5O4Se/c17-14-11-15(19-7-18-14)21(8-20-11)16-13(23)12(22)10(25-16)6-26(24)9-4-2-1-3-5-9/h1-5,7-8,10,12-13,16,22-23H,6H2,(H2,17,18,19)/t10-,12-,13-,16-,26?/m1/s1. The fourth-order valence-corrected chi connectivity index (χ4v) is 5.55. The van der Waals surface area contributed by atoms with Crippen molar-refractivity contribution in [1.29, 1.82) is 0 Å². The first-order chi connectivity index (χ1) is 12.6. The minimum absolute atomic E-state index is 0.155. The van der Waals surface area contributed by atoms with Crippen LogP contribution in [0.15, 0.2) is 43.0 Å². The molecule has 1 unspecified atom stereocenters. The SMILES string of the molecule is Nc1ncnc2c1ncn2[C@@H]1O[C@H](C[Se](=O)c2ccccc2)[C@@H](O)[C@H]1O. The van der Waals surface area contributed by atoms with Crippen LogP contribution in [0.1, 0.15) is 6.23 Å². The van der Waals surface area contributed by atoms with Gasteiger partial charge >= 0.3 is 152 Å². The van der Waals surface area contributed by atoms with Crippen molar-refractivity contribution in [2.45, 2.75) is 29.9 Å². The van der Waals surface area contributed by atoms with E-state index in [1.807, 2.05) is 18.2 Å². The third kappa shape index (κ3) is 2.91. The third-order valence-corrected chi connectivity index (χ3v) is 7.32. The van der Waals surface area contributed by atoms with E-state index in [4.69, 9.17) is 10.5 Å². The molecule has 1 aliphatic rings. The molecule has 1 saturated heterocycles. The summed E-state index contributed by atoms with van der Waals surface area (Å²) in [5, 5.41) is 20.9. The molecule has 26 heavy (non-hydrogen) atoms. The molecule has 3 aromatic rings. The van der Waals surface area contributed by atoms with Crippen molar-refractivity contribution in [1.82, 2.24) is 19.5 Å². The van der Waals surface area contributed by atoms with Gasteiger partial charge in [0.1, 0.15) is 0 Å². The average molecular weight is 422 g/mol. The van der Waals surface area contributed by atoms with E-state index in [1.165, 1.54) is 17.2 Å². The average Bonchev–Trinajstić information content (AvgIpc) is 3.20. The topological polar surface area (TPSA) is 136 Å². The van der Waals surface area contributed by atoms with E-state index < -0.39 is 38.4 Å². The number of nitrogens with two attached hydrogens (primary N) is 1. The number of nitrogen functional groups attached to an aromatic ring is 1. The van der Waals surface area contributed by atoms with Gasteiger partial charge in [0, 0.05) is 0 Å². The first-order valence-electron chi connectivity index (χ1n) is 7.94. The van der Waals surface area contributed by atoms with Crippen LogP contribution in [0, 0.1) is 0 Å². The van der Waals surface area contributed by atoms with Crippen LogP contribution in [0.3, 0.4) is 0 Å². The van der Waals surface area contributed by atoms with Crippen LogP contribution >= 0.6 is 0 Å². The van der Waals surface area contributed by atoms with Crippen molar-refractivity contribution in [2.75, 3.05) is 5.73 Å². The van der Waals surface area contributed by atoms with Gasteiger partial charge in [0.05, 0.1) is 0 Å². The number of nitrogens with zero attached hydrogens (tertiary/aromatic N) is 4. The Hall–Kier alpha value is -2.23. The van der Waals surface area contributed by atoms with Crippen molar-refractivity contribution in [3.63, 3.8) is 0 Å². The zero-order chi connectivity index (χ0) is 18.3. The molecular formula is C16H17N5O4Se. The Morgan fingerprint density at radius 1 is 1.15 bits per heavy atom. The van der Waals surface area contributed by atoms with E-state index >= 15 is 0 Å². The Morgan fingerprint density at radius 2 is 1.92 bits per heavy atom. The molecule has 0 radical (unpaired) electrons. The van der Waals surface area contributed by atoms with E-state index in [1.54, 1.807) is 12.1 Å². The molecule has 136 valence electrons. The Labute approximate surface area is 152 Å². The number of aromatic nitrogens is 4. The van der Waals surface area contributed by atoms with E-state index in [9.17, 15) is 14.0 Å². The van der Waals surface area contributed by atoms with Crippen molar-refractivity contribution in [3.05, 3.63) is 43.0 Å². The molecule has 0 amide bonds. The van der Waals surface area contributed by atoms with Crippen LogP contribution < -0.4 is 10.2 Å². The fraction of sp³-hybridized carbons (Fsp3) is 0.312. The summed E-state index contributed by atoms with van der Waals surface area (Å²) in [6.45, 7) is 0. The van der Waals surface area contributed by atoms with Crippen molar-refractivity contribution >= 4 is 35.3 Å². The van der Waals surface area contributed by atoms with E-state index in [0.717, 1.165) is 4.46 Å². The molecule has 4 rings (SSSR count). The molecule has 0 bridgehead atoms. The molecule has 9 nitrogen and oxygen atoms in total. The van der Waals surface area contributed by atoms with Gasteiger partial charge in [0.25, 0.3) is 0 Å². The Morgan fingerprint density at radius 3 is 2.69 bits per heavy atom. The predicted octanol–water partition coefficient (Wildman–Crippen LogP) is -0.643. The van der Waals surface area contributed by atoms with Gasteiger partial charge in [-0.25, -0.2) is 0 Å². The van der Waals surface area contributed by atoms with Gasteiger partial charge in [-0.05, 0) is 0 Å². The van der Waals surface area contributed by atoms with E-state index in [2.05, 4.69) is 15.0 Å². The van der Waals surface area contributed by atoms with Crippen LogP contribution in [0.25, 0.3) is 11.2 Å². The number of aliphatic hydroxyl groups excluding tert-OH is 2. The molecule has 10 heteroatoms. The summed E-state index contributed by atoms with van der Waals surface area (Å²) in [6.07, 6.45) is -1.30. The molecule has 1 fully saturated rings. The minimum atomic E-state index is -2.41. The molecule has 0 aliphatic carbocycles. The van der Waals surface area contributed by atoms with Crippen LogP contribution in [-0.2, 0) is 8.57 Å². The number of anilines is 1. The summed E-state index contributed by atoms with van der Waals surface area (Å²) in [5.41, 5.74) is 6.56. The molecular weight excluding hydrogens is 405 g/mol. The molecule has 3 heterocycles. The van der Waals surface area contributed by atoms with Gasteiger partial charge in [-0.15, -0.1) is 0 Å². The molecule has 5 atom stereocenters. The number of imidazole rings is 1. The normalized spacial score (nSPS) is 27.0. The summed E-state index contributed by atoms with van der Waals surface area (Å²) in [4.78, 5) is 12.1. The Bertz CT molecular complexity index is 950. The Kier molecular flexibility index (Phi) is 4.51. The Balaban J connectivity index is 1.58. The number of benzene rings is 1. The quantitative estimate of drug-likeness (QED) is 0.473. The van der Waals surface area contributed by atoms with Crippen molar-refractivity contribution in [3.8, 4) is 0 Å². The zero-order valence-corrected chi connectivity index (χ0v) is 15.3. The fourth-order valence-electron chi connectivity index (χ4n) is 2.97. The molecule has 0 saturated carbocycles. The maximum absolute atomic E-state index is 12.6. The summed E-state index contributed by atoms with van der Waals surface area (Å²) < 4.78 is 20.6. The molecule has 1 aromatic carbocycles. The third-order valence-electron chi connectivity index (χ3n) is 4.32. The van der Waals surface area contributed by atoms with Crippen LogP contribution in [-0.4, -0.2) is 61.9 Å². The van der Waals surface area contributed by atoms with Gasteiger partial charge in [-0.3, -0.25) is 0 Å². The van der Waals surface area contributed by atoms with Crippen molar-refractivity contribution < 1.29 is 18.8 Å². The number of hydrogen-bond acceptors (Lipinski definition) is 8. The molecule has 0 spiro atoms. The van der Waals surface area contributed by atoms with Crippen LogP contribution in [0.2, 0.25) is 5.32 Å². The van der Waals surface area contributed by atoms with Crippen molar-refractivity contribution in [2.24, 2.45) is 0 Å². The number of rotatable bonds is 4. The van der Waals surface area contributed by atoms with E-state index in [-0.39, 0.29) is 11.1 Å². The van der Waals surface area contributed by atoms with E-state index in [0.29, 0.717) is 11.2 Å². The number of aliphatic hydroxyl groups is 2. The maximum atomic E-state index is 12.6. The molecule has 4 N–H and O–H groups in total. The van der Waals surface area contributed by atoms with Gasteiger partial charge in [0.2, 0.25) is 0 Å². The predicted molar refractivity (Wildman–Crippen MR) is 93.0 cm³/mol. The van der Waals surface area contributed by atoms with Gasteiger partial charge in [0.15, 0.2) is 0 Å². The number of hydrogen-bond donors (Lipinski definition) is 3. The first kappa shape index (κ1) is 17.2. The van der Waals surface area contributed by atoms with Gasteiger partial charge in [-0.2, -0.15) is 0 Å². The number of ether oxygens (including phenoxy) is 1. The number of fused-ring (bicyclic) bond motifs is 1. The van der Waals surface area contributed by atoms with Crippen LogP contribution in [0.5, 0.6) is 0 Å².